The number of nitrogens with zero attached hydrogens (tertiary/aromatic N) is 1. The summed E-state index contributed by atoms with van der Waals surface area (Å²) in [6, 6.07) is 3.74. The molecule has 21 heavy (non-hydrogen) atoms. The van der Waals surface area contributed by atoms with Crippen LogP contribution >= 0.6 is 15.9 Å². The van der Waals surface area contributed by atoms with Crippen molar-refractivity contribution in [2.45, 2.75) is 25.9 Å². The van der Waals surface area contributed by atoms with Gasteiger partial charge in [-0.2, -0.15) is 13.2 Å². The second-order valence-corrected chi connectivity index (χ2v) is 6.31. The largest absolute Gasteiger partial charge is 0.416 e. The van der Waals surface area contributed by atoms with Crippen molar-refractivity contribution in [3.05, 3.63) is 28.2 Å². The number of hydrogen-bond acceptors (Lipinski definition) is 2. The summed E-state index contributed by atoms with van der Waals surface area (Å²) in [5.74, 6) is 0.585. The fourth-order valence-electron chi connectivity index (χ4n) is 2.60. The van der Waals surface area contributed by atoms with Crippen LogP contribution in [0.2, 0.25) is 0 Å². The van der Waals surface area contributed by atoms with Crippen molar-refractivity contribution in [2.24, 2.45) is 5.92 Å². The third-order valence-corrected chi connectivity index (χ3v) is 4.69. The van der Waals surface area contributed by atoms with E-state index in [2.05, 4.69) is 33.1 Å². The van der Waals surface area contributed by atoms with Gasteiger partial charge in [0.1, 0.15) is 0 Å². The molecule has 0 saturated carbocycles. The summed E-state index contributed by atoms with van der Waals surface area (Å²) >= 11 is 3.21. The molecule has 1 N–H and O–H groups in total. The van der Waals surface area contributed by atoms with Crippen molar-refractivity contribution >= 4 is 21.6 Å². The number of likely N-dealkylation sites (tertiary alicyclic amines) is 1. The molecule has 1 fully saturated rings. The fraction of sp³-hybridized carbons (Fsp3) is 0.600. The van der Waals surface area contributed by atoms with E-state index in [1.807, 2.05) is 0 Å². The molecule has 1 heterocycles. The van der Waals surface area contributed by atoms with Gasteiger partial charge in [-0.15, -0.1) is 0 Å². The van der Waals surface area contributed by atoms with Crippen molar-refractivity contribution in [2.75, 3.05) is 31.5 Å². The van der Waals surface area contributed by atoms with Gasteiger partial charge >= 0.3 is 6.18 Å². The van der Waals surface area contributed by atoms with Crippen LogP contribution in [-0.4, -0.2) is 31.1 Å². The predicted molar refractivity (Wildman–Crippen MR) is 82.5 cm³/mol. The van der Waals surface area contributed by atoms with Gasteiger partial charge in [-0.25, -0.2) is 0 Å². The van der Waals surface area contributed by atoms with Crippen LogP contribution in [0.1, 0.15) is 25.3 Å². The number of hydrogen-bond donors (Lipinski definition) is 1. The van der Waals surface area contributed by atoms with Gasteiger partial charge in [0.2, 0.25) is 0 Å². The maximum Gasteiger partial charge on any atom is 0.416 e. The number of alkyl halides is 3. The van der Waals surface area contributed by atoms with Crippen LogP contribution < -0.4 is 5.32 Å². The summed E-state index contributed by atoms with van der Waals surface area (Å²) < 4.78 is 38.3. The van der Waals surface area contributed by atoms with E-state index in [0.29, 0.717) is 10.4 Å². The Morgan fingerprint density at radius 1 is 1.29 bits per heavy atom. The number of halogens is 4. The molecule has 0 radical (unpaired) electrons. The molecule has 0 atom stereocenters. The molecule has 0 bridgehead atoms. The molecule has 6 heteroatoms. The monoisotopic (exact) mass is 364 g/mol. The molecular formula is C15H20BrF3N2. The Kier molecular flexibility index (Phi) is 5.54. The Morgan fingerprint density at radius 2 is 1.95 bits per heavy atom. The highest BCUT2D eigenvalue weighted by atomic mass is 79.9. The minimum Gasteiger partial charge on any atom is -0.384 e. The zero-order valence-corrected chi connectivity index (χ0v) is 13.6. The zero-order valence-electron chi connectivity index (χ0n) is 12.0. The normalized spacial score (nSPS) is 18.0. The van der Waals surface area contributed by atoms with Gasteiger partial charge in [0.15, 0.2) is 0 Å². The maximum absolute atomic E-state index is 12.6. The van der Waals surface area contributed by atoms with E-state index in [1.54, 1.807) is 0 Å². The van der Waals surface area contributed by atoms with Gasteiger partial charge in [-0.3, -0.25) is 0 Å². The third-order valence-electron chi connectivity index (χ3n) is 4.03. The molecule has 1 saturated heterocycles. The predicted octanol–water partition coefficient (Wildman–Crippen LogP) is 4.61. The second-order valence-electron chi connectivity index (χ2n) is 5.45. The summed E-state index contributed by atoms with van der Waals surface area (Å²) in [6.45, 7) is 6.28. The van der Waals surface area contributed by atoms with E-state index in [9.17, 15) is 13.2 Å². The molecule has 1 aromatic rings. The zero-order chi connectivity index (χ0) is 15.5. The average Bonchev–Trinajstić information content (AvgIpc) is 2.45. The van der Waals surface area contributed by atoms with E-state index in [1.165, 1.54) is 6.07 Å². The first-order valence-corrected chi connectivity index (χ1v) is 8.02. The molecule has 2 rings (SSSR count). The average molecular weight is 365 g/mol. The molecule has 2 nitrogen and oxygen atoms in total. The fourth-order valence-corrected chi connectivity index (χ4v) is 3.11. The Bertz CT molecular complexity index is 468. The van der Waals surface area contributed by atoms with Crippen molar-refractivity contribution in [1.29, 1.82) is 0 Å². The molecule has 0 amide bonds. The highest BCUT2D eigenvalue weighted by Crippen LogP contribution is 2.34. The van der Waals surface area contributed by atoms with Crippen molar-refractivity contribution in [1.82, 2.24) is 4.90 Å². The molecule has 1 aliphatic heterocycles. The lowest BCUT2D eigenvalue weighted by atomic mass is 9.97. The molecule has 0 spiro atoms. The maximum atomic E-state index is 12.6. The summed E-state index contributed by atoms with van der Waals surface area (Å²) in [5, 5.41) is 3.26. The van der Waals surface area contributed by atoms with Crippen molar-refractivity contribution in [3.8, 4) is 0 Å². The summed E-state index contributed by atoms with van der Waals surface area (Å²) in [5.41, 5.74) is 0.0945. The molecule has 1 aliphatic rings. The van der Waals surface area contributed by atoms with Crippen LogP contribution in [0, 0.1) is 5.92 Å². The number of anilines is 1. The summed E-state index contributed by atoms with van der Waals surface area (Å²) in [7, 11) is 0. The van der Waals surface area contributed by atoms with Gasteiger partial charge in [-0.05, 0) is 72.5 Å². The van der Waals surface area contributed by atoms with E-state index < -0.39 is 11.7 Å². The Hall–Kier alpha value is -0.750. The first-order chi connectivity index (χ1) is 9.90. The van der Waals surface area contributed by atoms with Gasteiger partial charge in [-0.1, -0.05) is 6.92 Å². The lowest BCUT2D eigenvalue weighted by Gasteiger charge is -2.31. The number of benzene rings is 1. The van der Waals surface area contributed by atoms with Crippen LogP contribution in [-0.2, 0) is 6.18 Å². The van der Waals surface area contributed by atoms with Gasteiger partial charge in [0.05, 0.1) is 5.56 Å². The Labute approximate surface area is 131 Å². The van der Waals surface area contributed by atoms with Crippen LogP contribution in [0.25, 0.3) is 0 Å². The first kappa shape index (κ1) is 16.6. The Balaban J connectivity index is 1.89. The topological polar surface area (TPSA) is 15.3 Å². The summed E-state index contributed by atoms with van der Waals surface area (Å²) in [4.78, 5) is 2.42. The van der Waals surface area contributed by atoms with Crippen LogP contribution in [0.3, 0.4) is 0 Å². The molecule has 1 aromatic carbocycles. The van der Waals surface area contributed by atoms with Crippen LogP contribution in [0.4, 0.5) is 18.9 Å². The van der Waals surface area contributed by atoms with Crippen LogP contribution in [0.5, 0.6) is 0 Å². The van der Waals surface area contributed by atoms with E-state index in [0.717, 1.165) is 56.8 Å². The van der Waals surface area contributed by atoms with E-state index in [-0.39, 0.29) is 0 Å². The molecule has 0 aliphatic carbocycles. The molecule has 0 aromatic heterocycles. The number of nitrogens with one attached hydrogen (secondary N) is 1. The van der Waals surface area contributed by atoms with E-state index >= 15 is 0 Å². The van der Waals surface area contributed by atoms with Gasteiger partial charge in [0, 0.05) is 16.7 Å². The highest BCUT2D eigenvalue weighted by Gasteiger charge is 2.30. The minimum absolute atomic E-state index is 0.461. The smallest absolute Gasteiger partial charge is 0.384 e. The lowest BCUT2D eigenvalue weighted by molar-refractivity contribution is -0.137. The third kappa shape index (κ3) is 4.61. The molecule has 118 valence electrons. The standard InChI is InChI=1S/C15H20BrF3N2/c1-2-21-7-5-11(6-8-21)10-20-14-4-3-12(9-13(14)16)15(17,18)19/h3-4,9,11,20H,2,5-8,10H2,1H3. The second kappa shape index (κ2) is 7.01. The minimum atomic E-state index is -4.30. The van der Waals surface area contributed by atoms with Gasteiger partial charge < -0.3 is 10.2 Å². The SMILES string of the molecule is CCN1CCC(CNc2ccc(C(F)(F)F)cc2Br)CC1. The van der Waals surface area contributed by atoms with Crippen molar-refractivity contribution in [3.63, 3.8) is 0 Å². The summed E-state index contributed by atoms with van der Waals surface area (Å²) in [6.07, 6.45) is -2.02. The van der Waals surface area contributed by atoms with E-state index in [4.69, 9.17) is 0 Å². The molecular weight excluding hydrogens is 345 g/mol. The van der Waals surface area contributed by atoms with Gasteiger partial charge in [0.25, 0.3) is 0 Å². The number of piperidine rings is 1. The number of rotatable bonds is 4. The highest BCUT2D eigenvalue weighted by molar-refractivity contribution is 9.10. The lowest BCUT2D eigenvalue weighted by Crippen LogP contribution is -2.35. The molecule has 0 unspecified atom stereocenters. The first-order valence-electron chi connectivity index (χ1n) is 7.23. The quantitative estimate of drug-likeness (QED) is 0.838. The van der Waals surface area contributed by atoms with Crippen molar-refractivity contribution < 1.29 is 13.2 Å². The Morgan fingerprint density at radius 3 is 2.48 bits per heavy atom. The van der Waals surface area contributed by atoms with Crippen LogP contribution in [0.15, 0.2) is 22.7 Å².